The lowest BCUT2D eigenvalue weighted by atomic mass is 10.1. The maximum absolute atomic E-state index is 11.8. The molecule has 1 heterocycles. The highest BCUT2D eigenvalue weighted by Gasteiger charge is 2.26. The van der Waals surface area contributed by atoms with E-state index >= 15 is 0 Å². The van der Waals surface area contributed by atoms with E-state index in [4.69, 9.17) is 5.73 Å². The molecule has 1 fully saturated rings. The molecule has 0 aliphatic carbocycles. The Balaban J connectivity index is 1.91. The zero-order chi connectivity index (χ0) is 13.0. The average molecular weight is 247 g/mol. The van der Waals surface area contributed by atoms with Crippen LogP contribution in [0.4, 0.5) is 0 Å². The number of hydrogen-bond donors (Lipinski definition) is 3. The van der Waals surface area contributed by atoms with E-state index in [-0.39, 0.29) is 17.9 Å². The van der Waals surface area contributed by atoms with Gasteiger partial charge in [-0.05, 0) is 17.5 Å². The highest BCUT2D eigenvalue weighted by molar-refractivity contribution is 5.90. The van der Waals surface area contributed by atoms with Crippen LogP contribution in [0.2, 0.25) is 0 Å². The van der Waals surface area contributed by atoms with Crippen molar-refractivity contribution in [3.8, 4) is 0 Å². The fourth-order valence-corrected chi connectivity index (χ4v) is 2.05. The molecule has 1 aromatic carbocycles. The number of carbonyl (C=O) groups excluding carboxylic acids is 2. The third kappa shape index (κ3) is 2.87. The van der Waals surface area contributed by atoms with Gasteiger partial charge in [-0.1, -0.05) is 24.3 Å². The van der Waals surface area contributed by atoms with E-state index in [2.05, 4.69) is 10.6 Å². The Kier molecular flexibility index (Phi) is 3.94. The molecule has 1 saturated heterocycles. The largest absolute Gasteiger partial charge is 0.350 e. The Bertz CT molecular complexity index is 459. The normalized spacial score (nSPS) is 18.5. The third-order valence-corrected chi connectivity index (χ3v) is 3.10. The second-order valence-electron chi connectivity index (χ2n) is 4.35. The minimum atomic E-state index is -0.387. The SMILES string of the molecule is NCc1ccccc1CNC(=O)[C@@H]1CCC(=O)N1. The zero-order valence-corrected chi connectivity index (χ0v) is 10.1. The Morgan fingerprint density at radius 3 is 2.72 bits per heavy atom. The number of benzene rings is 1. The van der Waals surface area contributed by atoms with Crippen molar-refractivity contribution in [1.82, 2.24) is 10.6 Å². The molecule has 0 unspecified atom stereocenters. The molecule has 1 aliphatic heterocycles. The Morgan fingerprint density at radius 2 is 2.11 bits per heavy atom. The van der Waals surface area contributed by atoms with Crippen LogP contribution in [0.3, 0.4) is 0 Å². The Morgan fingerprint density at radius 1 is 1.39 bits per heavy atom. The molecule has 18 heavy (non-hydrogen) atoms. The number of nitrogens with two attached hydrogens (primary N) is 1. The van der Waals surface area contributed by atoms with Crippen molar-refractivity contribution in [3.05, 3.63) is 35.4 Å². The fraction of sp³-hybridized carbons (Fsp3) is 0.385. The van der Waals surface area contributed by atoms with E-state index in [0.717, 1.165) is 11.1 Å². The van der Waals surface area contributed by atoms with Crippen LogP contribution in [0.1, 0.15) is 24.0 Å². The minimum Gasteiger partial charge on any atom is -0.350 e. The van der Waals surface area contributed by atoms with Crippen LogP contribution in [0.5, 0.6) is 0 Å². The molecule has 1 aromatic rings. The van der Waals surface area contributed by atoms with Crippen LogP contribution >= 0.6 is 0 Å². The number of nitrogens with one attached hydrogen (secondary N) is 2. The number of rotatable bonds is 4. The minimum absolute atomic E-state index is 0.0579. The quantitative estimate of drug-likeness (QED) is 0.702. The molecule has 1 atom stereocenters. The molecule has 2 amide bonds. The van der Waals surface area contributed by atoms with Crippen molar-refractivity contribution in [1.29, 1.82) is 0 Å². The molecule has 0 spiro atoms. The lowest BCUT2D eigenvalue weighted by Crippen LogP contribution is -2.41. The predicted octanol–water partition coefficient (Wildman–Crippen LogP) is 0.0401. The molecule has 96 valence electrons. The molecule has 0 saturated carbocycles. The van der Waals surface area contributed by atoms with Crippen molar-refractivity contribution in [2.24, 2.45) is 5.73 Å². The average Bonchev–Trinajstić information content (AvgIpc) is 2.83. The molecule has 1 aliphatic rings. The standard InChI is InChI=1S/C13H17N3O2/c14-7-9-3-1-2-4-10(9)8-15-13(18)11-5-6-12(17)16-11/h1-4,11H,5-8,14H2,(H,15,18)(H,16,17)/t11-/m0/s1. The summed E-state index contributed by atoms with van der Waals surface area (Å²) in [6, 6.07) is 7.33. The van der Waals surface area contributed by atoms with Crippen LogP contribution in [-0.2, 0) is 22.7 Å². The Labute approximate surface area is 106 Å². The second-order valence-corrected chi connectivity index (χ2v) is 4.35. The van der Waals surface area contributed by atoms with E-state index in [1.807, 2.05) is 24.3 Å². The monoisotopic (exact) mass is 247 g/mol. The summed E-state index contributed by atoms with van der Waals surface area (Å²) in [4.78, 5) is 22.8. The maximum atomic E-state index is 11.8. The summed E-state index contributed by atoms with van der Waals surface area (Å²) in [5.41, 5.74) is 7.66. The van der Waals surface area contributed by atoms with Gasteiger partial charge in [0.15, 0.2) is 0 Å². The molecule has 0 aromatic heterocycles. The fourth-order valence-electron chi connectivity index (χ4n) is 2.05. The van der Waals surface area contributed by atoms with Crippen LogP contribution in [-0.4, -0.2) is 17.9 Å². The number of amides is 2. The molecule has 4 N–H and O–H groups in total. The van der Waals surface area contributed by atoms with E-state index in [9.17, 15) is 9.59 Å². The topological polar surface area (TPSA) is 84.2 Å². The first-order valence-corrected chi connectivity index (χ1v) is 6.04. The van der Waals surface area contributed by atoms with Crippen molar-refractivity contribution in [3.63, 3.8) is 0 Å². The van der Waals surface area contributed by atoms with E-state index < -0.39 is 0 Å². The lowest BCUT2D eigenvalue weighted by molar-refractivity contribution is -0.125. The summed E-state index contributed by atoms with van der Waals surface area (Å²) in [5.74, 6) is -0.190. The third-order valence-electron chi connectivity index (χ3n) is 3.10. The number of carbonyl (C=O) groups is 2. The first-order chi connectivity index (χ1) is 8.70. The van der Waals surface area contributed by atoms with Gasteiger partial charge in [0, 0.05) is 19.5 Å². The van der Waals surface area contributed by atoms with Gasteiger partial charge in [0.1, 0.15) is 6.04 Å². The summed E-state index contributed by atoms with van der Waals surface area (Å²) >= 11 is 0. The maximum Gasteiger partial charge on any atom is 0.242 e. The summed E-state index contributed by atoms with van der Waals surface area (Å²) in [7, 11) is 0. The molecule has 5 heteroatoms. The molecular formula is C13H17N3O2. The van der Waals surface area contributed by atoms with Gasteiger partial charge in [0.2, 0.25) is 11.8 Å². The first-order valence-electron chi connectivity index (χ1n) is 6.04. The van der Waals surface area contributed by atoms with Gasteiger partial charge in [-0.3, -0.25) is 9.59 Å². The highest BCUT2D eigenvalue weighted by atomic mass is 16.2. The molecule has 5 nitrogen and oxygen atoms in total. The van der Waals surface area contributed by atoms with Gasteiger partial charge in [-0.2, -0.15) is 0 Å². The van der Waals surface area contributed by atoms with Crippen LogP contribution in [0.15, 0.2) is 24.3 Å². The summed E-state index contributed by atoms with van der Waals surface area (Å²) in [5, 5.41) is 5.47. The molecule has 0 radical (unpaired) electrons. The molecule has 0 bridgehead atoms. The Hall–Kier alpha value is -1.88. The van der Waals surface area contributed by atoms with Crippen molar-refractivity contribution < 1.29 is 9.59 Å². The number of hydrogen-bond acceptors (Lipinski definition) is 3. The van der Waals surface area contributed by atoms with Crippen LogP contribution in [0, 0.1) is 0 Å². The highest BCUT2D eigenvalue weighted by Crippen LogP contribution is 2.09. The molecular weight excluding hydrogens is 230 g/mol. The zero-order valence-electron chi connectivity index (χ0n) is 10.1. The lowest BCUT2D eigenvalue weighted by Gasteiger charge is -2.12. The smallest absolute Gasteiger partial charge is 0.242 e. The van der Waals surface area contributed by atoms with E-state index in [1.54, 1.807) is 0 Å². The molecule has 2 rings (SSSR count). The van der Waals surface area contributed by atoms with E-state index in [0.29, 0.717) is 25.9 Å². The van der Waals surface area contributed by atoms with Gasteiger partial charge in [-0.15, -0.1) is 0 Å². The van der Waals surface area contributed by atoms with Gasteiger partial charge >= 0.3 is 0 Å². The van der Waals surface area contributed by atoms with Crippen LogP contribution in [0.25, 0.3) is 0 Å². The van der Waals surface area contributed by atoms with Crippen molar-refractivity contribution >= 4 is 11.8 Å². The van der Waals surface area contributed by atoms with Crippen LogP contribution < -0.4 is 16.4 Å². The van der Waals surface area contributed by atoms with Gasteiger partial charge < -0.3 is 16.4 Å². The van der Waals surface area contributed by atoms with Crippen molar-refractivity contribution in [2.75, 3.05) is 0 Å². The second kappa shape index (κ2) is 5.64. The first kappa shape index (κ1) is 12.6. The van der Waals surface area contributed by atoms with Gasteiger partial charge in [-0.25, -0.2) is 0 Å². The summed E-state index contributed by atoms with van der Waals surface area (Å²) < 4.78 is 0. The van der Waals surface area contributed by atoms with Crippen molar-refractivity contribution in [2.45, 2.75) is 32.0 Å². The van der Waals surface area contributed by atoms with Gasteiger partial charge in [0.25, 0.3) is 0 Å². The summed E-state index contributed by atoms with van der Waals surface area (Å²) in [6.07, 6.45) is 1.00. The predicted molar refractivity (Wildman–Crippen MR) is 67.3 cm³/mol. The van der Waals surface area contributed by atoms with Gasteiger partial charge in [0.05, 0.1) is 0 Å². The van der Waals surface area contributed by atoms with E-state index in [1.165, 1.54) is 0 Å². The summed E-state index contributed by atoms with van der Waals surface area (Å²) in [6.45, 7) is 0.894.